The van der Waals surface area contributed by atoms with E-state index in [9.17, 15) is 31.9 Å². The van der Waals surface area contributed by atoms with E-state index in [1.165, 1.54) is 18.2 Å². The van der Waals surface area contributed by atoms with Gasteiger partial charge in [-0.25, -0.2) is 4.39 Å². The average Bonchev–Trinajstić information content (AvgIpc) is 3.10. The lowest BCUT2D eigenvalue weighted by atomic mass is 9.86. The Balaban J connectivity index is 1.63. The van der Waals surface area contributed by atoms with E-state index >= 15 is 0 Å². The van der Waals surface area contributed by atoms with Crippen molar-refractivity contribution in [3.05, 3.63) is 96.7 Å². The number of carbonyl (C=O) groups is 3. The SMILES string of the molecule is O=C1c2c(Cl)c(Cl)c(Cl)c(Cl)c2C(=O)N1[C@H]1C(=O)N(c2cccc(C(F)(F)F)c2)[C@@H]1c1ccc(F)cc1. The molecule has 1 saturated heterocycles. The number of amides is 3. The largest absolute Gasteiger partial charge is 0.416 e. The lowest BCUT2D eigenvalue weighted by molar-refractivity contribution is -0.137. The lowest BCUT2D eigenvalue weighted by Crippen LogP contribution is -2.67. The van der Waals surface area contributed by atoms with E-state index in [1.807, 2.05) is 0 Å². The third-order valence-electron chi connectivity index (χ3n) is 6.14. The fourth-order valence-corrected chi connectivity index (χ4v) is 5.47. The van der Waals surface area contributed by atoms with Crippen molar-refractivity contribution in [1.29, 1.82) is 0 Å². The van der Waals surface area contributed by atoms with Crippen molar-refractivity contribution >= 4 is 69.8 Å². The number of nitrogens with zero attached hydrogens (tertiary/aromatic N) is 2. The highest BCUT2D eigenvalue weighted by molar-refractivity contribution is 6.55. The molecule has 0 spiro atoms. The van der Waals surface area contributed by atoms with Crippen LogP contribution in [0.25, 0.3) is 0 Å². The Morgan fingerprint density at radius 1 is 0.703 bits per heavy atom. The molecule has 1 fully saturated rings. The third-order valence-corrected chi connectivity index (χ3v) is 7.94. The van der Waals surface area contributed by atoms with Crippen LogP contribution in [0.4, 0.5) is 23.2 Å². The topological polar surface area (TPSA) is 57.7 Å². The molecule has 37 heavy (non-hydrogen) atoms. The molecule has 13 heteroatoms. The van der Waals surface area contributed by atoms with Crippen LogP contribution in [-0.2, 0) is 11.0 Å². The molecule has 2 atom stereocenters. The first-order valence-electron chi connectivity index (χ1n) is 10.3. The maximum Gasteiger partial charge on any atom is 0.416 e. The predicted octanol–water partition coefficient (Wildman–Crippen LogP) is 7.21. The van der Waals surface area contributed by atoms with Crippen LogP contribution in [0.15, 0.2) is 48.5 Å². The van der Waals surface area contributed by atoms with Crippen molar-refractivity contribution in [2.75, 3.05) is 4.90 Å². The van der Waals surface area contributed by atoms with Gasteiger partial charge in [-0.3, -0.25) is 19.3 Å². The van der Waals surface area contributed by atoms with Gasteiger partial charge in [-0.1, -0.05) is 64.6 Å². The van der Waals surface area contributed by atoms with Gasteiger partial charge in [-0.15, -0.1) is 0 Å². The first kappa shape index (κ1) is 25.8. The molecule has 5 nitrogen and oxygen atoms in total. The quantitative estimate of drug-likeness (QED) is 0.106. The number of anilines is 1. The van der Waals surface area contributed by atoms with Crippen molar-refractivity contribution in [3.63, 3.8) is 0 Å². The van der Waals surface area contributed by atoms with Crippen LogP contribution < -0.4 is 4.90 Å². The van der Waals surface area contributed by atoms with Crippen LogP contribution in [0, 0.1) is 5.82 Å². The van der Waals surface area contributed by atoms with E-state index in [2.05, 4.69) is 0 Å². The van der Waals surface area contributed by atoms with Gasteiger partial charge in [0.05, 0.1) is 42.8 Å². The molecule has 0 aliphatic carbocycles. The molecule has 190 valence electrons. The van der Waals surface area contributed by atoms with Gasteiger partial charge in [0.25, 0.3) is 17.7 Å². The second-order valence-corrected chi connectivity index (χ2v) is 9.70. The molecule has 3 aromatic rings. The molecule has 0 aromatic heterocycles. The minimum Gasteiger partial charge on any atom is -0.300 e. The predicted molar refractivity (Wildman–Crippen MR) is 129 cm³/mol. The zero-order chi connectivity index (χ0) is 27.0. The molecule has 5 rings (SSSR count). The molecule has 2 aliphatic heterocycles. The second kappa shape index (κ2) is 8.87. The Kier molecular flexibility index (Phi) is 6.18. The first-order chi connectivity index (χ1) is 17.3. The molecule has 0 bridgehead atoms. The molecule has 2 heterocycles. The number of alkyl halides is 3. The van der Waals surface area contributed by atoms with E-state index in [0.29, 0.717) is 4.90 Å². The Labute approximate surface area is 226 Å². The summed E-state index contributed by atoms with van der Waals surface area (Å²) in [5.41, 5.74) is -1.59. The number of imide groups is 1. The van der Waals surface area contributed by atoms with Gasteiger partial charge in [0.15, 0.2) is 0 Å². The highest BCUT2D eigenvalue weighted by atomic mass is 35.5. The van der Waals surface area contributed by atoms with Crippen LogP contribution in [0.1, 0.15) is 37.9 Å². The van der Waals surface area contributed by atoms with E-state index in [1.54, 1.807) is 0 Å². The molecule has 0 N–H and O–H groups in total. The highest BCUT2D eigenvalue weighted by Gasteiger charge is 2.58. The number of fused-ring (bicyclic) bond motifs is 1. The number of β-lactam (4-membered cyclic amide) rings is 1. The summed E-state index contributed by atoms with van der Waals surface area (Å²) in [5.74, 6) is -3.44. The lowest BCUT2D eigenvalue weighted by Gasteiger charge is -2.49. The third kappa shape index (κ3) is 3.87. The smallest absolute Gasteiger partial charge is 0.300 e. The minimum absolute atomic E-state index is 0.135. The summed E-state index contributed by atoms with van der Waals surface area (Å²) in [6.07, 6.45) is -4.69. The summed E-state index contributed by atoms with van der Waals surface area (Å²) >= 11 is 24.5. The van der Waals surface area contributed by atoms with Gasteiger partial charge in [-0.2, -0.15) is 13.2 Å². The Hall–Kier alpha value is -2.85. The van der Waals surface area contributed by atoms with Crippen LogP contribution in [0.2, 0.25) is 20.1 Å². The molecule has 0 saturated carbocycles. The minimum atomic E-state index is -4.69. The van der Waals surface area contributed by atoms with Gasteiger partial charge in [0, 0.05) is 5.69 Å². The van der Waals surface area contributed by atoms with Gasteiger partial charge >= 0.3 is 6.18 Å². The standard InChI is InChI=1S/C24H10Cl4F4N2O3/c25-15-13-14(16(26)18(28)17(15)27)22(36)34(21(13)35)20-19(9-4-6-11(29)7-5-9)33(23(20)37)12-3-1-2-10(8-12)24(30,31)32/h1-8,19-20H/t19-,20-/m1/s1. The average molecular weight is 592 g/mol. The number of hydrogen-bond donors (Lipinski definition) is 0. The monoisotopic (exact) mass is 590 g/mol. The summed E-state index contributed by atoms with van der Waals surface area (Å²) in [6.45, 7) is 0. The molecular weight excluding hydrogens is 582 g/mol. The Morgan fingerprint density at radius 3 is 1.76 bits per heavy atom. The summed E-state index contributed by atoms with van der Waals surface area (Å²) in [5, 5.41) is -1.22. The first-order valence-corrected chi connectivity index (χ1v) is 11.9. The number of halogens is 8. The summed E-state index contributed by atoms with van der Waals surface area (Å²) in [7, 11) is 0. The van der Waals surface area contributed by atoms with Gasteiger partial charge in [0.2, 0.25) is 0 Å². The van der Waals surface area contributed by atoms with Crippen LogP contribution in [0.5, 0.6) is 0 Å². The second-order valence-electron chi connectivity index (χ2n) is 8.18. The van der Waals surface area contributed by atoms with Crippen molar-refractivity contribution in [2.24, 2.45) is 0 Å². The Bertz CT molecular complexity index is 1460. The van der Waals surface area contributed by atoms with E-state index < -0.39 is 47.4 Å². The van der Waals surface area contributed by atoms with Crippen molar-refractivity contribution in [3.8, 4) is 0 Å². The van der Waals surface area contributed by atoms with Crippen LogP contribution in [0.3, 0.4) is 0 Å². The normalized spacial score (nSPS) is 19.4. The summed E-state index contributed by atoms with van der Waals surface area (Å²) < 4.78 is 53.7. The number of benzene rings is 3. The van der Waals surface area contributed by atoms with Gasteiger partial charge < -0.3 is 4.90 Å². The molecule has 3 amide bonds. The van der Waals surface area contributed by atoms with Crippen LogP contribution in [-0.4, -0.2) is 28.7 Å². The van der Waals surface area contributed by atoms with E-state index in [0.717, 1.165) is 35.2 Å². The Morgan fingerprint density at radius 2 is 1.24 bits per heavy atom. The number of hydrogen-bond acceptors (Lipinski definition) is 3. The fraction of sp³-hybridized carbons (Fsp3) is 0.125. The summed E-state index contributed by atoms with van der Waals surface area (Å²) in [4.78, 5) is 41.8. The number of carbonyl (C=O) groups excluding carboxylic acids is 3. The van der Waals surface area contributed by atoms with E-state index in [4.69, 9.17) is 46.4 Å². The maximum absolute atomic E-state index is 13.6. The van der Waals surface area contributed by atoms with Gasteiger partial charge in [-0.05, 0) is 35.9 Å². The molecular formula is C24H10Cl4F4N2O3. The number of rotatable bonds is 3. The van der Waals surface area contributed by atoms with Crippen molar-refractivity contribution in [1.82, 2.24) is 4.90 Å². The summed E-state index contributed by atoms with van der Waals surface area (Å²) in [6, 6.07) is 6.09. The van der Waals surface area contributed by atoms with E-state index in [-0.39, 0.29) is 42.5 Å². The highest BCUT2D eigenvalue weighted by Crippen LogP contribution is 2.49. The maximum atomic E-state index is 13.6. The zero-order valence-corrected chi connectivity index (χ0v) is 20.9. The van der Waals surface area contributed by atoms with Crippen molar-refractivity contribution < 1.29 is 31.9 Å². The molecule has 2 aliphatic rings. The van der Waals surface area contributed by atoms with Gasteiger partial charge in [0.1, 0.15) is 11.9 Å². The molecule has 0 unspecified atom stereocenters. The van der Waals surface area contributed by atoms with Crippen LogP contribution >= 0.6 is 46.4 Å². The zero-order valence-electron chi connectivity index (χ0n) is 17.9. The molecule has 0 radical (unpaired) electrons. The van der Waals surface area contributed by atoms with Crippen molar-refractivity contribution in [2.45, 2.75) is 18.3 Å². The molecule has 3 aromatic carbocycles. The fourth-order valence-electron chi connectivity index (χ4n) is 4.46.